The standard InChI is InChI=1S/C14H22N2O2S2/c1-4-11(3)16(5-2)20(17,18)10-12-8-6-7-9-13(12)14(15)19/h6-9,11H,4-5,10H2,1-3H3,(H2,15,19). The summed E-state index contributed by atoms with van der Waals surface area (Å²) in [5.74, 6) is -0.0707. The molecule has 0 heterocycles. The van der Waals surface area contributed by atoms with Crippen molar-refractivity contribution < 1.29 is 8.42 Å². The Balaban J connectivity index is 3.11. The van der Waals surface area contributed by atoms with Crippen LogP contribution in [-0.2, 0) is 15.8 Å². The van der Waals surface area contributed by atoms with E-state index in [2.05, 4.69) is 0 Å². The van der Waals surface area contributed by atoms with E-state index in [1.807, 2.05) is 20.8 Å². The van der Waals surface area contributed by atoms with Gasteiger partial charge in [-0.05, 0) is 18.9 Å². The average Bonchev–Trinajstić information content (AvgIpc) is 2.38. The predicted octanol–water partition coefficient (Wildman–Crippen LogP) is 2.27. The van der Waals surface area contributed by atoms with Crippen LogP contribution >= 0.6 is 12.2 Å². The van der Waals surface area contributed by atoms with E-state index in [-0.39, 0.29) is 16.8 Å². The van der Waals surface area contributed by atoms with Crippen LogP contribution in [-0.4, -0.2) is 30.3 Å². The maximum atomic E-state index is 12.5. The van der Waals surface area contributed by atoms with Crippen molar-refractivity contribution >= 4 is 27.2 Å². The summed E-state index contributed by atoms with van der Waals surface area (Å²) in [5, 5.41) is 0. The van der Waals surface area contributed by atoms with Crippen molar-refractivity contribution in [2.24, 2.45) is 5.73 Å². The molecule has 0 saturated heterocycles. The summed E-state index contributed by atoms with van der Waals surface area (Å²) in [7, 11) is -3.37. The molecule has 4 nitrogen and oxygen atoms in total. The van der Waals surface area contributed by atoms with Crippen molar-refractivity contribution in [3.63, 3.8) is 0 Å². The van der Waals surface area contributed by atoms with Gasteiger partial charge in [0.1, 0.15) is 4.99 Å². The first kappa shape index (κ1) is 17.1. The summed E-state index contributed by atoms with van der Waals surface area (Å²) in [6, 6.07) is 7.11. The Morgan fingerprint density at radius 2 is 1.95 bits per heavy atom. The molecular weight excluding hydrogens is 292 g/mol. The molecule has 0 spiro atoms. The second-order valence-electron chi connectivity index (χ2n) is 4.74. The molecule has 1 aromatic rings. The van der Waals surface area contributed by atoms with Crippen LogP contribution in [0, 0.1) is 0 Å². The summed E-state index contributed by atoms with van der Waals surface area (Å²) in [5.41, 5.74) is 6.94. The Morgan fingerprint density at radius 1 is 1.35 bits per heavy atom. The first-order valence-corrected chi connectivity index (χ1v) is 8.72. The highest BCUT2D eigenvalue weighted by atomic mass is 32.2. The lowest BCUT2D eigenvalue weighted by molar-refractivity contribution is 0.342. The SMILES string of the molecule is CCC(C)N(CC)S(=O)(=O)Cc1ccccc1C(N)=S. The predicted molar refractivity (Wildman–Crippen MR) is 87.1 cm³/mol. The summed E-state index contributed by atoms with van der Waals surface area (Å²) in [6.45, 7) is 6.21. The fraction of sp³-hybridized carbons (Fsp3) is 0.500. The van der Waals surface area contributed by atoms with Gasteiger partial charge in [-0.25, -0.2) is 8.42 Å². The molecule has 0 aliphatic rings. The van der Waals surface area contributed by atoms with Gasteiger partial charge in [-0.2, -0.15) is 4.31 Å². The molecule has 2 N–H and O–H groups in total. The van der Waals surface area contributed by atoms with Crippen LogP contribution in [0.2, 0.25) is 0 Å². The van der Waals surface area contributed by atoms with Crippen molar-refractivity contribution in [2.75, 3.05) is 6.54 Å². The van der Waals surface area contributed by atoms with Crippen LogP contribution in [0.4, 0.5) is 0 Å². The molecule has 0 bridgehead atoms. The van der Waals surface area contributed by atoms with Crippen LogP contribution in [0.25, 0.3) is 0 Å². The Bertz CT molecular complexity index is 570. The Kier molecular flexibility index (Phi) is 6.10. The molecule has 1 aromatic carbocycles. The van der Waals surface area contributed by atoms with Crippen LogP contribution in [0.5, 0.6) is 0 Å². The molecule has 1 unspecified atom stereocenters. The molecular formula is C14H22N2O2S2. The van der Waals surface area contributed by atoms with Gasteiger partial charge in [-0.1, -0.05) is 50.3 Å². The van der Waals surface area contributed by atoms with Gasteiger partial charge in [-0.3, -0.25) is 0 Å². The highest BCUT2D eigenvalue weighted by molar-refractivity contribution is 7.88. The van der Waals surface area contributed by atoms with E-state index < -0.39 is 10.0 Å². The lowest BCUT2D eigenvalue weighted by Gasteiger charge is -2.26. The lowest BCUT2D eigenvalue weighted by atomic mass is 10.1. The summed E-state index contributed by atoms with van der Waals surface area (Å²) in [4.78, 5) is 0.224. The van der Waals surface area contributed by atoms with Gasteiger partial charge < -0.3 is 5.73 Å². The zero-order valence-electron chi connectivity index (χ0n) is 12.2. The maximum absolute atomic E-state index is 12.5. The van der Waals surface area contributed by atoms with E-state index in [1.54, 1.807) is 24.3 Å². The van der Waals surface area contributed by atoms with E-state index in [0.717, 1.165) is 6.42 Å². The van der Waals surface area contributed by atoms with Crippen molar-refractivity contribution in [3.8, 4) is 0 Å². The highest BCUT2D eigenvalue weighted by Crippen LogP contribution is 2.18. The maximum Gasteiger partial charge on any atom is 0.218 e. The van der Waals surface area contributed by atoms with Gasteiger partial charge in [0.05, 0.1) is 5.75 Å². The number of nitrogens with zero attached hydrogens (tertiary/aromatic N) is 1. The van der Waals surface area contributed by atoms with Crippen molar-refractivity contribution in [1.29, 1.82) is 0 Å². The zero-order valence-corrected chi connectivity index (χ0v) is 13.8. The van der Waals surface area contributed by atoms with Crippen molar-refractivity contribution in [3.05, 3.63) is 35.4 Å². The Labute approximate surface area is 127 Å². The van der Waals surface area contributed by atoms with Crippen LogP contribution < -0.4 is 5.73 Å². The molecule has 0 aliphatic carbocycles. The Morgan fingerprint density at radius 3 is 2.45 bits per heavy atom. The third-order valence-corrected chi connectivity index (χ3v) is 5.60. The summed E-state index contributed by atoms with van der Waals surface area (Å²) >= 11 is 4.98. The topological polar surface area (TPSA) is 63.4 Å². The van der Waals surface area contributed by atoms with E-state index in [0.29, 0.717) is 17.7 Å². The molecule has 0 radical (unpaired) electrons. The zero-order chi connectivity index (χ0) is 15.3. The lowest BCUT2D eigenvalue weighted by Crippen LogP contribution is -2.39. The van der Waals surface area contributed by atoms with E-state index >= 15 is 0 Å². The van der Waals surface area contributed by atoms with Crippen LogP contribution in [0.1, 0.15) is 38.3 Å². The molecule has 0 aliphatic heterocycles. The van der Waals surface area contributed by atoms with Gasteiger partial charge in [-0.15, -0.1) is 0 Å². The van der Waals surface area contributed by atoms with Crippen LogP contribution in [0.15, 0.2) is 24.3 Å². The highest BCUT2D eigenvalue weighted by Gasteiger charge is 2.26. The second kappa shape index (κ2) is 7.15. The molecule has 1 rings (SSSR count). The van der Waals surface area contributed by atoms with Crippen molar-refractivity contribution in [1.82, 2.24) is 4.31 Å². The molecule has 0 fully saturated rings. The summed E-state index contributed by atoms with van der Waals surface area (Å²) < 4.78 is 26.6. The number of rotatable bonds is 7. The summed E-state index contributed by atoms with van der Waals surface area (Å²) in [6.07, 6.45) is 0.782. The largest absolute Gasteiger partial charge is 0.389 e. The monoisotopic (exact) mass is 314 g/mol. The fourth-order valence-electron chi connectivity index (χ4n) is 2.15. The third-order valence-electron chi connectivity index (χ3n) is 3.37. The minimum absolute atomic E-state index is 0.0120. The van der Waals surface area contributed by atoms with Crippen LogP contribution in [0.3, 0.4) is 0 Å². The van der Waals surface area contributed by atoms with E-state index in [1.165, 1.54) is 4.31 Å². The Hall–Kier alpha value is -0.980. The normalized spacial score (nSPS) is 13.4. The fourth-order valence-corrected chi connectivity index (χ4v) is 4.25. The number of sulfonamides is 1. The number of benzene rings is 1. The van der Waals surface area contributed by atoms with Gasteiger partial charge in [0.25, 0.3) is 0 Å². The average molecular weight is 314 g/mol. The first-order valence-electron chi connectivity index (χ1n) is 6.70. The molecule has 0 saturated carbocycles. The smallest absolute Gasteiger partial charge is 0.218 e. The van der Waals surface area contributed by atoms with E-state index in [9.17, 15) is 8.42 Å². The minimum atomic E-state index is -3.37. The minimum Gasteiger partial charge on any atom is -0.389 e. The van der Waals surface area contributed by atoms with Crippen molar-refractivity contribution in [2.45, 2.75) is 39.0 Å². The molecule has 0 amide bonds. The third kappa shape index (κ3) is 4.01. The molecule has 112 valence electrons. The number of hydrogen-bond donors (Lipinski definition) is 1. The number of nitrogens with two attached hydrogens (primary N) is 1. The molecule has 20 heavy (non-hydrogen) atoms. The quantitative estimate of drug-likeness (QED) is 0.784. The van der Waals surface area contributed by atoms with Gasteiger partial charge in [0, 0.05) is 18.2 Å². The first-order chi connectivity index (χ1) is 9.33. The van der Waals surface area contributed by atoms with E-state index in [4.69, 9.17) is 18.0 Å². The number of thiocarbonyl (C=S) groups is 1. The molecule has 6 heteroatoms. The number of hydrogen-bond acceptors (Lipinski definition) is 3. The second-order valence-corrected chi connectivity index (χ2v) is 7.10. The van der Waals surface area contributed by atoms with Gasteiger partial charge in [0.15, 0.2) is 0 Å². The van der Waals surface area contributed by atoms with Gasteiger partial charge >= 0.3 is 0 Å². The van der Waals surface area contributed by atoms with Gasteiger partial charge in [0.2, 0.25) is 10.0 Å². The molecule has 1 atom stereocenters. The molecule has 0 aromatic heterocycles.